The smallest absolute Gasteiger partial charge is 0.302 e. The summed E-state index contributed by atoms with van der Waals surface area (Å²) in [6.45, 7) is 1.80. The Morgan fingerprint density at radius 1 is 1.40 bits per heavy atom. The van der Waals surface area contributed by atoms with Crippen molar-refractivity contribution in [1.82, 2.24) is 4.57 Å². The molecule has 7 heteroatoms. The van der Waals surface area contributed by atoms with Gasteiger partial charge in [-0.05, 0) is 24.6 Å². The Bertz CT molecular complexity index is 717. The molecule has 0 N–H and O–H groups in total. The van der Waals surface area contributed by atoms with Gasteiger partial charge in [0.2, 0.25) is 0 Å². The number of carbonyl (C=O) groups is 1. The van der Waals surface area contributed by atoms with Crippen LogP contribution in [0.1, 0.15) is 21.5 Å². The Kier molecular flexibility index (Phi) is 4.09. The van der Waals surface area contributed by atoms with Gasteiger partial charge in [0.1, 0.15) is 0 Å². The molecule has 0 aromatic carbocycles. The fourth-order valence-corrected chi connectivity index (χ4v) is 2.62. The predicted molar refractivity (Wildman–Crippen MR) is 75.4 cm³/mol. The van der Waals surface area contributed by atoms with Crippen LogP contribution in [0.5, 0.6) is 0 Å². The van der Waals surface area contributed by atoms with E-state index in [1.54, 1.807) is 6.07 Å². The van der Waals surface area contributed by atoms with Crippen LogP contribution >= 0.6 is 11.3 Å². The quantitative estimate of drug-likeness (QED) is 0.481. The van der Waals surface area contributed by atoms with E-state index in [0.29, 0.717) is 4.88 Å². The van der Waals surface area contributed by atoms with Crippen LogP contribution in [0.15, 0.2) is 35.3 Å². The molecular formula is C13H12N2O4S. The van der Waals surface area contributed by atoms with E-state index in [2.05, 4.69) is 0 Å². The van der Waals surface area contributed by atoms with Crippen molar-refractivity contribution in [1.29, 1.82) is 0 Å². The summed E-state index contributed by atoms with van der Waals surface area (Å²) in [5, 5.41) is 10.7. The molecular weight excluding hydrogens is 280 g/mol. The molecule has 0 saturated heterocycles. The molecule has 0 aliphatic heterocycles. The van der Waals surface area contributed by atoms with Gasteiger partial charge in [0.05, 0.1) is 16.3 Å². The molecule has 0 unspecified atom stereocenters. The van der Waals surface area contributed by atoms with E-state index in [-0.39, 0.29) is 12.3 Å². The molecule has 2 aromatic heterocycles. The van der Waals surface area contributed by atoms with E-state index in [4.69, 9.17) is 0 Å². The topological polar surface area (TPSA) is 82.2 Å². The molecule has 6 nitrogen and oxygen atoms in total. The number of aromatic nitrogens is 1. The van der Waals surface area contributed by atoms with Crippen molar-refractivity contribution in [3.63, 3.8) is 0 Å². The average molecular weight is 292 g/mol. The number of pyridine rings is 1. The molecule has 0 aliphatic carbocycles. The number of thiophene rings is 1. The number of hydrogen-bond donors (Lipinski definition) is 0. The molecule has 2 aromatic rings. The van der Waals surface area contributed by atoms with Gasteiger partial charge in [-0.3, -0.25) is 19.7 Å². The van der Waals surface area contributed by atoms with Gasteiger partial charge in [0.25, 0.3) is 0 Å². The van der Waals surface area contributed by atoms with Gasteiger partial charge in [-0.25, -0.2) is 0 Å². The molecule has 104 valence electrons. The van der Waals surface area contributed by atoms with Gasteiger partial charge < -0.3 is 4.57 Å². The van der Waals surface area contributed by atoms with Crippen LogP contribution in [0, 0.1) is 10.1 Å². The fourth-order valence-electron chi connectivity index (χ4n) is 1.74. The van der Waals surface area contributed by atoms with Crippen molar-refractivity contribution in [3.05, 3.63) is 60.7 Å². The molecule has 20 heavy (non-hydrogen) atoms. The zero-order chi connectivity index (χ0) is 14.7. The number of Topliss-reactive ketones (excluding diaryl/α,β-unsaturated/α-hetero) is 1. The lowest BCUT2D eigenvalue weighted by atomic mass is 10.3. The molecule has 0 radical (unpaired) electrons. The van der Waals surface area contributed by atoms with Crippen molar-refractivity contribution in [2.24, 2.45) is 0 Å². The summed E-state index contributed by atoms with van der Waals surface area (Å²) in [6.07, 6.45) is 2.22. The zero-order valence-electron chi connectivity index (χ0n) is 10.7. The van der Waals surface area contributed by atoms with Crippen molar-refractivity contribution in [2.75, 3.05) is 0 Å². The summed E-state index contributed by atoms with van der Waals surface area (Å²) < 4.78 is 1.06. The molecule has 2 heterocycles. The molecule has 0 spiro atoms. The average Bonchev–Trinajstić information content (AvgIpc) is 2.89. The molecule has 0 aliphatic rings. The second-order valence-electron chi connectivity index (χ2n) is 4.13. The summed E-state index contributed by atoms with van der Waals surface area (Å²) in [4.78, 5) is 35.4. The number of aryl methyl sites for hydroxylation is 1. The summed E-state index contributed by atoms with van der Waals surface area (Å²) in [7, 11) is 0. The second-order valence-corrected chi connectivity index (χ2v) is 5.29. The maximum Gasteiger partial charge on any atom is 0.334 e. The number of nitro groups is 1. The molecule has 0 atom stereocenters. The Balaban J connectivity index is 2.26. The third kappa shape index (κ3) is 2.83. The van der Waals surface area contributed by atoms with E-state index < -0.39 is 16.2 Å². The Hall–Kier alpha value is -2.28. The fraction of sp³-hybridized carbons (Fsp3) is 0.231. The SMILES string of the molecule is CCc1ccc(C(=O)Cn2cccc([N+](=O)[O-])c2=O)s1. The Morgan fingerprint density at radius 3 is 2.75 bits per heavy atom. The highest BCUT2D eigenvalue weighted by atomic mass is 32.1. The van der Waals surface area contributed by atoms with Gasteiger partial charge in [-0.1, -0.05) is 6.92 Å². The van der Waals surface area contributed by atoms with E-state index in [0.717, 1.165) is 21.9 Å². The number of hydrogen-bond acceptors (Lipinski definition) is 5. The van der Waals surface area contributed by atoms with Crippen LogP contribution in [0.4, 0.5) is 5.69 Å². The van der Waals surface area contributed by atoms with Crippen molar-refractivity contribution >= 4 is 22.8 Å². The normalized spacial score (nSPS) is 10.4. The lowest BCUT2D eigenvalue weighted by Crippen LogP contribution is -2.25. The first-order chi connectivity index (χ1) is 9.52. The Morgan fingerprint density at radius 2 is 2.15 bits per heavy atom. The monoisotopic (exact) mass is 292 g/mol. The highest BCUT2D eigenvalue weighted by Crippen LogP contribution is 2.18. The van der Waals surface area contributed by atoms with Crippen molar-refractivity contribution < 1.29 is 9.72 Å². The van der Waals surface area contributed by atoms with Crippen LogP contribution in [-0.2, 0) is 13.0 Å². The van der Waals surface area contributed by atoms with Gasteiger partial charge in [0, 0.05) is 17.1 Å². The predicted octanol–water partition coefficient (Wildman–Crippen LogP) is 2.26. The Labute approximate surface area is 118 Å². The minimum atomic E-state index is -0.766. The highest BCUT2D eigenvalue weighted by molar-refractivity contribution is 7.14. The van der Waals surface area contributed by atoms with Crippen LogP contribution in [-0.4, -0.2) is 15.3 Å². The van der Waals surface area contributed by atoms with Gasteiger partial charge >= 0.3 is 11.2 Å². The number of rotatable bonds is 5. The third-order valence-electron chi connectivity index (χ3n) is 2.80. The molecule has 0 amide bonds. The van der Waals surface area contributed by atoms with Gasteiger partial charge in [-0.15, -0.1) is 11.3 Å². The summed E-state index contributed by atoms with van der Waals surface area (Å²) in [6, 6.07) is 6.10. The maximum atomic E-state index is 12.1. The molecule has 0 bridgehead atoms. The van der Waals surface area contributed by atoms with Crippen LogP contribution in [0.25, 0.3) is 0 Å². The highest BCUT2D eigenvalue weighted by Gasteiger charge is 2.16. The number of carbonyl (C=O) groups excluding carboxylic acids is 1. The zero-order valence-corrected chi connectivity index (χ0v) is 11.6. The largest absolute Gasteiger partial charge is 0.334 e. The summed E-state index contributed by atoms with van der Waals surface area (Å²) >= 11 is 1.38. The van der Waals surface area contributed by atoms with E-state index in [1.807, 2.05) is 13.0 Å². The van der Waals surface area contributed by atoms with E-state index in [9.17, 15) is 19.7 Å². The minimum Gasteiger partial charge on any atom is -0.302 e. The lowest BCUT2D eigenvalue weighted by molar-refractivity contribution is -0.386. The first-order valence-corrected chi connectivity index (χ1v) is 6.80. The summed E-state index contributed by atoms with van der Waals surface area (Å²) in [5.74, 6) is -0.225. The number of nitrogens with zero attached hydrogens (tertiary/aromatic N) is 2. The first kappa shape index (κ1) is 14.1. The van der Waals surface area contributed by atoms with E-state index in [1.165, 1.54) is 23.6 Å². The molecule has 0 saturated carbocycles. The van der Waals surface area contributed by atoms with Gasteiger partial charge in [0.15, 0.2) is 5.78 Å². The van der Waals surface area contributed by atoms with Crippen LogP contribution in [0.2, 0.25) is 0 Å². The second kappa shape index (κ2) is 5.79. The van der Waals surface area contributed by atoms with Crippen molar-refractivity contribution in [3.8, 4) is 0 Å². The number of ketones is 1. The summed E-state index contributed by atoms with van der Waals surface area (Å²) in [5.41, 5.74) is -1.29. The van der Waals surface area contributed by atoms with Gasteiger partial charge in [-0.2, -0.15) is 0 Å². The van der Waals surface area contributed by atoms with Crippen LogP contribution in [0.3, 0.4) is 0 Å². The molecule has 0 fully saturated rings. The van der Waals surface area contributed by atoms with Crippen molar-refractivity contribution in [2.45, 2.75) is 19.9 Å². The lowest BCUT2D eigenvalue weighted by Gasteiger charge is -2.03. The maximum absolute atomic E-state index is 12.1. The minimum absolute atomic E-state index is 0.190. The van der Waals surface area contributed by atoms with E-state index >= 15 is 0 Å². The first-order valence-electron chi connectivity index (χ1n) is 5.98. The van der Waals surface area contributed by atoms with Crippen LogP contribution < -0.4 is 5.56 Å². The third-order valence-corrected chi connectivity index (χ3v) is 4.07. The molecule has 2 rings (SSSR count). The standard InChI is InChI=1S/C13H12N2O4S/c1-2-9-5-6-12(20-9)11(16)8-14-7-3-4-10(13(14)17)15(18)19/h3-7H,2,8H2,1H3.